The number of nitrogens with one attached hydrogen (secondary N) is 1. The molecule has 2 aliphatic rings. The summed E-state index contributed by atoms with van der Waals surface area (Å²) in [6.07, 6.45) is 3.98. The highest BCUT2D eigenvalue weighted by Gasteiger charge is 2.49. The van der Waals surface area contributed by atoms with Gasteiger partial charge in [0.15, 0.2) is 0 Å². The average molecular weight is 313 g/mol. The number of rotatable bonds is 3. The molecule has 0 radical (unpaired) electrons. The molecule has 0 amide bonds. The van der Waals surface area contributed by atoms with Crippen LogP contribution in [-0.4, -0.2) is 34.6 Å². The lowest BCUT2D eigenvalue weighted by atomic mass is 9.65. The Morgan fingerprint density at radius 1 is 1.30 bits per heavy atom. The van der Waals surface area contributed by atoms with E-state index in [9.17, 15) is 0 Å². The minimum absolute atomic E-state index is 0.466. The summed E-state index contributed by atoms with van der Waals surface area (Å²) in [4.78, 5) is 10.9. The molecule has 4 nitrogen and oxygen atoms in total. The van der Waals surface area contributed by atoms with E-state index in [1.54, 1.807) is 7.11 Å². The van der Waals surface area contributed by atoms with Crippen LogP contribution in [0.15, 0.2) is 18.2 Å². The average Bonchev–Trinajstić information content (AvgIpc) is 2.94. The van der Waals surface area contributed by atoms with Crippen LogP contribution < -0.4 is 4.74 Å². The number of methoxy groups -OCH3 is 1. The molecule has 0 spiro atoms. The van der Waals surface area contributed by atoms with Crippen molar-refractivity contribution in [3.8, 4) is 5.75 Å². The summed E-state index contributed by atoms with van der Waals surface area (Å²) >= 11 is 0. The van der Waals surface area contributed by atoms with Gasteiger partial charge in [-0.2, -0.15) is 0 Å². The maximum Gasteiger partial charge on any atom is 0.121 e. The lowest BCUT2D eigenvalue weighted by molar-refractivity contribution is 0.126. The first-order valence-corrected chi connectivity index (χ1v) is 8.63. The van der Waals surface area contributed by atoms with E-state index in [4.69, 9.17) is 9.72 Å². The Morgan fingerprint density at radius 3 is 2.91 bits per heavy atom. The molecule has 2 aromatic rings. The Morgan fingerprint density at radius 2 is 2.13 bits per heavy atom. The van der Waals surface area contributed by atoms with Crippen LogP contribution in [0.25, 0.3) is 11.0 Å². The fraction of sp³-hybridized carbons (Fsp3) is 0.632. The molecule has 1 N–H and O–H groups in total. The van der Waals surface area contributed by atoms with E-state index in [-0.39, 0.29) is 0 Å². The quantitative estimate of drug-likeness (QED) is 0.932. The number of fused-ring (bicyclic) bond motifs is 3. The standard InChI is InChI=1S/C19H27N3O/c1-18(2)8-13-9-19(3,11-18)12-22(13)10-17-20-15-6-5-14(23-4)7-16(15)21-17/h5-7,13H,8-12H2,1-4H3,(H,20,21). The monoisotopic (exact) mass is 313 g/mol. The summed E-state index contributed by atoms with van der Waals surface area (Å²) in [5, 5.41) is 0. The summed E-state index contributed by atoms with van der Waals surface area (Å²) < 4.78 is 5.30. The van der Waals surface area contributed by atoms with Gasteiger partial charge in [0, 0.05) is 18.7 Å². The normalized spacial score (nSPS) is 30.0. The van der Waals surface area contributed by atoms with Gasteiger partial charge in [-0.25, -0.2) is 4.98 Å². The second-order valence-electron chi connectivity index (χ2n) is 8.69. The van der Waals surface area contributed by atoms with Crippen LogP contribution in [-0.2, 0) is 6.54 Å². The molecule has 124 valence electrons. The summed E-state index contributed by atoms with van der Waals surface area (Å²) in [6.45, 7) is 9.43. The van der Waals surface area contributed by atoms with E-state index in [0.29, 0.717) is 16.9 Å². The van der Waals surface area contributed by atoms with Gasteiger partial charge in [-0.05, 0) is 42.2 Å². The minimum Gasteiger partial charge on any atom is -0.497 e. The largest absolute Gasteiger partial charge is 0.497 e. The van der Waals surface area contributed by atoms with E-state index in [1.807, 2.05) is 18.2 Å². The van der Waals surface area contributed by atoms with Crippen molar-refractivity contribution in [1.82, 2.24) is 14.9 Å². The zero-order valence-corrected chi connectivity index (χ0v) is 14.6. The zero-order chi connectivity index (χ0) is 16.2. The van der Waals surface area contributed by atoms with Crippen LogP contribution in [0.3, 0.4) is 0 Å². The van der Waals surface area contributed by atoms with E-state index < -0.39 is 0 Å². The van der Waals surface area contributed by atoms with E-state index in [0.717, 1.165) is 29.2 Å². The van der Waals surface area contributed by atoms with E-state index in [1.165, 1.54) is 25.8 Å². The van der Waals surface area contributed by atoms with Crippen molar-refractivity contribution in [3.63, 3.8) is 0 Å². The first-order valence-electron chi connectivity index (χ1n) is 8.63. The molecular weight excluding hydrogens is 286 g/mol. The minimum atomic E-state index is 0.466. The van der Waals surface area contributed by atoms with Crippen LogP contribution in [0.2, 0.25) is 0 Å². The Kier molecular flexibility index (Phi) is 3.24. The topological polar surface area (TPSA) is 41.1 Å². The number of ether oxygens (including phenoxy) is 1. The molecule has 1 aliphatic heterocycles. The van der Waals surface area contributed by atoms with Crippen molar-refractivity contribution < 1.29 is 4.74 Å². The lowest BCUT2D eigenvalue weighted by Gasteiger charge is -2.39. The molecule has 1 aromatic heterocycles. The van der Waals surface area contributed by atoms with Gasteiger partial charge in [-0.1, -0.05) is 20.8 Å². The predicted octanol–water partition coefficient (Wildman–Crippen LogP) is 3.97. The van der Waals surface area contributed by atoms with Gasteiger partial charge in [0.1, 0.15) is 11.6 Å². The van der Waals surface area contributed by atoms with Crippen molar-refractivity contribution in [2.24, 2.45) is 10.8 Å². The molecule has 2 unspecified atom stereocenters. The third-order valence-corrected chi connectivity index (χ3v) is 5.61. The fourth-order valence-electron chi connectivity index (χ4n) is 5.20. The Labute approximate surface area is 138 Å². The number of hydrogen-bond donors (Lipinski definition) is 1. The molecule has 2 fully saturated rings. The molecule has 23 heavy (non-hydrogen) atoms. The second kappa shape index (κ2) is 4.97. The second-order valence-corrected chi connectivity index (χ2v) is 8.69. The molecule has 1 saturated carbocycles. The third-order valence-electron chi connectivity index (χ3n) is 5.61. The summed E-state index contributed by atoms with van der Waals surface area (Å²) in [7, 11) is 1.70. The smallest absolute Gasteiger partial charge is 0.121 e. The molecule has 2 heterocycles. The van der Waals surface area contributed by atoms with Gasteiger partial charge < -0.3 is 9.72 Å². The Bertz CT molecular complexity index is 735. The molecule has 4 heteroatoms. The first kappa shape index (κ1) is 15.0. The SMILES string of the molecule is COc1ccc2nc(CN3CC4(C)CC3CC(C)(C)C4)[nH]c2c1. The van der Waals surface area contributed by atoms with Crippen molar-refractivity contribution >= 4 is 11.0 Å². The molecule has 2 bridgehead atoms. The number of hydrogen-bond acceptors (Lipinski definition) is 3. The summed E-state index contributed by atoms with van der Waals surface area (Å²) in [6, 6.07) is 6.73. The first-order chi connectivity index (χ1) is 10.9. The number of imidazole rings is 1. The number of aromatic amines is 1. The zero-order valence-electron chi connectivity index (χ0n) is 14.6. The Hall–Kier alpha value is -1.55. The van der Waals surface area contributed by atoms with Crippen LogP contribution >= 0.6 is 0 Å². The van der Waals surface area contributed by atoms with Gasteiger partial charge in [-0.3, -0.25) is 4.90 Å². The third kappa shape index (κ3) is 2.74. The molecule has 1 saturated heterocycles. The van der Waals surface area contributed by atoms with Crippen LogP contribution in [0.5, 0.6) is 5.75 Å². The highest BCUT2D eigenvalue weighted by atomic mass is 16.5. The van der Waals surface area contributed by atoms with Crippen molar-refractivity contribution in [2.45, 2.75) is 52.6 Å². The van der Waals surface area contributed by atoms with E-state index in [2.05, 4.69) is 30.7 Å². The predicted molar refractivity (Wildman–Crippen MR) is 92.6 cm³/mol. The Balaban J connectivity index is 1.57. The van der Waals surface area contributed by atoms with E-state index >= 15 is 0 Å². The summed E-state index contributed by atoms with van der Waals surface area (Å²) in [5.41, 5.74) is 3.03. The number of H-pyrrole nitrogens is 1. The molecule has 4 rings (SSSR count). The molecule has 2 atom stereocenters. The van der Waals surface area contributed by atoms with Crippen LogP contribution in [0.1, 0.15) is 45.9 Å². The van der Waals surface area contributed by atoms with Gasteiger partial charge >= 0.3 is 0 Å². The number of likely N-dealkylation sites (tertiary alicyclic amines) is 1. The molecule has 1 aromatic carbocycles. The molecule has 1 aliphatic carbocycles. The van der Waals surface area contributed by atoms with Crippen molar-refractivity contribution in [3.05, 3.63) is 24.0 Å². The number of aromatic nitrogens is 2. The fourth-order valence-corrected chi connectivity index (χ4v) is 5.20. The summed E-state index contributed by atoms with van der Waals surface area (Å²) in [5.74, 6) is 1.95. The molecular formula is C19H27N3O. The van der Waals surface area contributed by atoms with Gasteiger partial charge in [-0.15, -0.1) is 0 Å². The number of nitrogens with zero attached hydrogens (tertiary/aromatic N) is 2. The van der Waals surface area contributed by atoms with Crippen LogP contribution in [0.4, 0.5) is 0 Å². The maximum atomic E-state index is 5.30. The maximum absolute atomic E-state index is 5.30. The van der Waals surface area contributed by atoms with Crippen molar-refractivity contribution in [2.75, 3.05) is 13.7 Å². The van der Waals surface area contributed by atoms with Crippen molar-refractivity contribution in [1.29, 1.82) is 0 Å². The lowest BCUT2D eigenvalue weighted by Crippen LogP contribution is -2.34. The number of benzene rings is 1. The van der Waals surface area contributed by atoms with Gasteiger partial charge in [0.05, 0.1) is 24.7 Å². The van der Waals surface area contributed by atoms with Crippen LogP contribution in [0, 0.1) is 10.8 Å². The highest BCUT2D eigenvalue weighted by Crippen LogP contribution is 2.52. The highest BCUT2D eigenvalue weighted by molar-refractivity contribution is 5.76. The van der Waals surface area contributed by atoms with Gasteiger partial charge in [0.25, 0.3) is 0 Å². The van der Waals surface area contributed by atoms with Gasteiger partial charge in [0.2, 0.25) is 0 Å².